The zero-order valence-electron chi connectivity index (χ0n) is 11.9. The number of rotatable bonds is 6. The summed E-state index contributed by atoms with van der Waals surface area (Å²) < 4.78 is 38.8. The van der Waals surface area contributed by atoms with E-state index in [2.05, 4.69) is 10.1 Å². The quantitative estimate of drug-likeness (QED) is 0.365. The van der Waals surface area contributed by atoms with Crippen LogP contribution in [-0.4, -0.2) is 40.2 Å². The molecule has 0 radical (unpaired) electrons. The first-order valence-corrected chi connectivity index (χ1v) is 6.47. The van der Waals surface area contributed by atoms with Crippen molar-refractivity contribution < 1.29 is 18.4 Å². The van der Waals surface area contributed by atoms with Gasteiger partial charge in [0.15, 0.2) is 5.84 Å². The van der Waals surface area contributed by atoms with E-state index >= 15 is 0 Å². The summed E-state index contributed by atoms with van der Waals surface area (Å²) in [7, 11) is 0. The summed E-state index contributed by atoms with van der Waals surface area (Å²) >= 11 is 0. The van der Waals surface area contributed by atoms with Gasteiger partial charge in [0.05, 0.1) is 5.69 Å². The molecule has 0 saturated carbocycles. The molecule has 0 amide bonds. The number of aryl methyl sites for hydroxylation is 1. The van der Waals surface area contributed by atoms with Gasteiger partial charge >= 0.3 is 6.18 Å². The number of pyridine rings is 1. The molecule has 0 aliphatic rings. The van der Waals surface area contributed by atoms with E-state index in [0.717, 1.165) is 5.69 Å². The number of oxime groups is 1. The van der Waals surface area contributed by atoms with Crippen LogP contribution in [0.25, 0.3) is 0 Å². The van der Waals surface area contributed by atoms with Crippen LogP contribution in [0.2, 0.25) is 0 Å². The highest BCUT2D eigenvalue weighted by molar-refractivity contribution is 5.83. The Morgan fingerprint density at radius 3 is 2.62 bits per heavy atom. The minimum absolute atomic E-state index is 0.267. The number of hydrogen-bond acceptors (Lipinski definition) is 4. The predicted octanol–water partition coefficient (Wildman–Crippen LogP) is 2.14. The van der Waals surface area contributed by atoms with Gasteiger partial charge in [0.2, 0.25) is 0 Å². The second kappa shape index (κ2) is 7.26. The summed E-state index contributed by atoms with van der Waals surface area (Å²) in [6.45, 7) is 3.83. The molecule has 0 aliphatic heterocycles. The summed E-state index contributed by atoms with van der Waals surface area (Å²) in [6.07, 6.45) is -4.57. The minimum atomic E-state index is -4.57. The van der Waals surface area contributed by atoms with Gasteiger partial charge in [-0.3, -0.25) is 9.88 Å². The lowest BCUT2D eigenvalue weighted by Gasteiger charge is -2.27. The molecule has 1 unspecified atom stereocenters. The molecule has 5 nitrogen and oxygen atoms in total. The van der Waals surface area contributed by atoms with Crippen LogP contribution >= 0.6 is 0 Å². The first-order valence-electron chi connectivity index (χ1n) is 6.47. The van der Waals surface area contributed by atoms with Crippen LogP contribution in [0.3, 0.4) is 0 Å². The van der Waals surface area contributed by atoms with Crippen molar-refractivity contribution >= 4 is 5.84 Å². The summed E-state index contributed by atoms with van der Waals surface area (Å²) in [5.41, 5.74) is 6.64. The molecule has 1 aromatic rings. The lowest BCUT2D eigenvalue weighted by molar-refractivity contribution is -0.160. The summed E-state index contributed by atoms with van der Waals surface area (Å²) in [5.74, 6) is -2.84. The Balaban J connectivity index is 2.84. The molecular formula is C13H19F3N4O. The summed E-state index contributed by atoms with van der Waals surface area (Å²) in [6, 6.07) is 5.37. The van der Waals surface area contributed by atoms with E-state index in [0.29, 0.717) is 12.2 Å². The fourth-order valence-electron chi connectivity index (χ4n) is 1.91. The molecule has 0 aliphatic carbocycles. The zero-order chi connectivity index (χ0) is 16.0. The Morgan fingerprint density at radius 1 is 1.48 bits per heavy atom. The lowest BCUT2D eigenvalue weighted by atomic mass is 10.1. The highest BCUT2D eigenvalue weighted by Crippen LogP contribution is 2.27. The largest absolute Gasteiger partial charge is 0.409 e. The van der Waals surface area contributed by atoms with E-state index in [1.54, 1.807) is 24.0 Å². The third kappa shape index (κ3) is 5.22. The Morgan fingerprint density at radius 2 is 2.14 bits per heavy atom. The van der Waals surface area contributed by atoms with E-state index in [1.807, 2.05) is 13.0 Å². The molecule has 3 N–H and O–H groups in total. The molecule has 8 heteroatoms. The van der Waals surface area contributed by atoms with Crippen molar-refractivity contribution in [3.63, 3.8) is 0 Å². The zero-order valence-corrected chi connectivity index (χ0v) is 11.9. The molecule has 118 valence electrons. The molecule has 1 atom stereocenters. The Kier molecular flexibility index (Phi) is 5.95. The third-order valence-corrected chi connectivity index (χ3v) is 3.09. The number of nitrogens with zero attached hydrogens (tertiary/aromatic N) is 3. The fraction of sp³-hybridized carbons (Fsp3) is 0.538. The second-order valence-corrected chi connectivity index (χ2v) is 4.72. The molecule has 1 heterocycles. The second-order valence-electron chi connectivity index (χ2n) is 4.72. The van der Waals surface area contributed by atoms with Crippen molar-refractivity contribution in [2.45, 2.75) is 26.6 Å². The van der Waals surface area contributed by atoms with Crippen molar-refractivity contribution in [3.8, 4) is 0 Å². The number of aromatic nitrogens is 1. The number of alkyl halides is 3. The van der Waals surface area contributed by atoms with Gasteiger partial charge in [0, 0.05) is 18.8 Å². The molecule has 0 fully saturated rings. The molecule has 0 saturated heterocycles. The van der Waals surface area contributed by atoms with Crippen molar-refractivity contribution in [1.82, 2.24) is 9.88 Å². The van der Waals surface area contributed by atoms with Gasteiger partial charge in [-0.05, 0) is 25.6 Å². The number of nitrogens with two attached hydrogens (primary N) is 1. The normalized spacial score (nSPS) is 14.5. The average Bonchev–Trinajstić information content (AvgIpc) is 2.41. The van der Waals surface area contributed by atoms with Crippen LogP contribution in [0.15, 0.2) is 23.4 Å². The fourth-order valence-corrected chi connectivity index (χ4v) is 1.91. The van der Waals surface area contributed by atoms with Crippen LogP contribution in [0, 0.1) is 12.8 Å². The molecule has 1 rings (SSSR count). The minimum Gasteiger partial charge on any atom is -0.409 e. The highest BCUT2D eigenvalue weighted by Gasteiger charge is 2.43. The average molecular weight is 304 g/mol. The number of halogens is 3. The van der Waals surface area contributed by atoms with Crippen molar-refractivity contribution in [2.75, 3.05) is 13.1 Å². The topological polar surface area (TPSA) is 74.7 Å². The van der Waals surface area contributed by atoms with Gasteiger partial charge in [0.1, 0.15) is 5.92 Å². The number of amidine groups is 1. The third-order valence-electron chi connectivity index (χ3n) is 3.09. The maximum Gasteiger partial charge on any atom is 0.400 e. The summed E-state index contributed by atoms with van der Waals surface area (Å²) in [5, 5.41) is 11.0. The van der Waals surface area contributed by atoms with Gasteiger partial charge in [-0.1, -0.05) is 18.1 Å². The van der Waals surface area contributed by atoms with Crippen molar-refractivity contribution in [1.29, 1.82) is 0 Å². The Bertz CT molecular complexity index is 491. The first-order chi connectivity index (χ1) is 9.77. The van der Waals surface area contributed by atoms with Crippen molar-refractivity contribution in [3.05, 3.63) is 29.6 Å². The van der Waals surface area contributed by atoms with E-state index in [-0.39, 0.29) is 13.1 Å². The molecule has 0 bridgehead atoms. The molecule has 0 aromatic carbocycles. The number of hydrogen-bond donors (Lipinski definition) is 2. The molecule has 21 heavy (non-hydrogen) atoms. The van der Waals surface area contributed by atoms with Crippen LogP contribution in [0.5, 0.6) is 0 Å². The van der Waals surface area contributed by atoms with Gasteiger partial charge in [-0.25, -0.2) is 0 Å². The van der Waals surface area contributed by atoms with Gasteiger partial charge in [0.25, 0.3) is 0 Å². The lowest BCUT2D eigenvalue weighted by Crippen LogP contribution is -2.44. The van der Waals surface area contributed by atoms with Gasteiger partial charge in [-0.2, -0.15) is 13.2 Å². The van der Waals surface area contributed by atoms with Crippen LogP contribution in [-0.2, 0) is 6.54 Å². The van der Waals surface area contributed by atoms with Gasteiger partial charge < -0.3 is 10.9 Å². The van der Waals surface area contributed by atoms with E-state index < -0.39 is 17.9 Å². The molecule has 0 spiro atoms. The predicted molar refractivity (Wildman–Crippen MR) is 72.9 cm³/mol. The van der Waals surface area contributed by atoms with E-state index in [9.17, 15) is 13.2 Å². The first kappa shape index (κ1) is 17.2. The van der Waals surface area contributed by atoms with Gasteiger partial charge in [-0.15, -0.1) is 0 Å². The Labute approximate surface area is 121 Å². The summed E-state index contributed by atoms with van der Waals surface area (Å²) in [4.78, 5) is 5.82. The van der Waals surface area contributed by atoms with Crippen LogP contribution in [0.1, 0.15) is 18.3 Å². The van der Waals surface area contributed by atoms with E-state index in [4.69, 9.17) is 10.9 Å². The highest BCUT2D eigenvalue weighted by atomic mass is 19.4. The van der Waals surface area contributed by atoms with Crippen LogP contribution in [0.4, 0.5) is 13.2 Å². The van der Waals surface area contributed by atoms with E-state index in [1.165, 1.54) is 0 Å². The monoisotopic (exact) mass is 304 g/mol. The van der Waals surface area contributed by atoms with Crippen molar-refractivity contribution in [2.24, 2.45) is 16.8 Å². The standard InChI is InChI=1S/C13H19F3N4O/c1-3-20(7-10-6-4-5-9(2)18-10)8-11(12(17)19-21)13(14,15)16/h4-6,11,21H,3,7-8H2,1-2H3,(H2,17,19). The maximum absolute atomic E-state index is 12.9. The van der Waals surface area contributed by atoms with Crippen LogP contribution < -0.4 is 5.73 Å². The SMILES string of the molecule is CCN(Cc1cccc(C)n1)CC(/C(N)=N/O)C(F)(F)F. The molecular weight excluding hydrogens is 285 g/mol. The maximum atomic E-state index is 12.9. The smallest absolute Gasteiger partial charge is 0.400 e. The molecule has 1 aromatic heterocycles. The Hall–Kier alpha value is -1.83.